The Morgan fingerprint density at radius 1 is 0.950 bits per heavy atom. The van der Waals surface area contributed by atoms with E-state index in [-0.39, 0.29) is 6.04 Å². The van der Waals surface area contributed by atoms with Gasteiger partial charge in [0.1, 0.15) is 0 Å². The molecule has 0 radical (unpaired) electrons. The Morgan fingerprint density at radius 3 is 2.15 bits per heavy atom. The predicted octanol–water partition coefficient (Wildman–Crippen LogP) is 5.70. The summed E-state index contributed by atoms with van der Waals surface area (Å²) in [6, 6.07) is 10.5. The van der Waals surface area contributed by atoms with Crippen molar-refractivity contribution in [3.8, 4) is 0 Å². The molecule has 0 bridgehead atoms. The van der Waals surface area contributed by atoms with Crippen LogP contribution in [-0.4, -0.2) is 0 Å². The second kappa shape index (κ2) is 6.30. The van der Waals surface area contributed by atoms with Crippen LogP contribution in [0, 0.1) is 0 Å². The monoisotopic (exact) mass is 307 g/mol. The number of thiophene rings is 1. The molecular formula is C17H22ClNS. The van der Waals surface area contributed by atoms with E-state index in [9.17, 15) is 0 Å². The van der Waals surface area contributed by atoms with E-state index >= 15 is 0 Å². The number of rotatable bonds is 4. The van der Waals surface area contributed by atoms with Crippen LogP contribution < -0.4 is 5.73 Å². The molecule has 0 fully saturated rings. The van der Waals surface area contributed by atoms with Gasteiger partial charge in [-0.25, -0.2) is 0 Å². The van der Waals surface area contributed by atoms with Crippen LogP contribution in [0.4, 0.5) is 0 Å². The third-order valence-corrected chi connectivity index (χ3v) is 4.95. The van der Waals surface area contributed by atoms with Crippen LogP contribution in [0.5, 0.6) is 0 Å². The molecule has 0 spiro atoms. The van der Waals surface area contributed by atoms with E-state index in [1.807, 2.05) is 12.1 Å². The van der Waals surface area contributed by atoms with Gasteiger partial charge in [-0.15, -0.1) is 11.3 Å². The molecule has 20 heavy (non-hydrogen) atoms. The summed E-state index contributed by atoms with van der Waals surface area (Å²) >= 11 is 7.59. The molecule has 0 saturated carbocycles. The molecule has 0 saturated heterocycles. The van der Waals surface area contributed by atoms with E-state index in [0.29, 0.717) is 11.8 Å². The van der Waals surface area contributed by atoms with Crippen LogP contribution in [-0.2, 0) is 0 Å². The molecule has 2 N–H and O–H groups in total. The summed E-state index contributed by atoms with van der Waals surface area (Å²) in [7, 11) is 0. The minimum atomic E-state index is -0.0916. The average Bonchev–Trinajstić information content (AvgIpc) is 2.83. The van der Waals surface area contributed by atoms with Crippen molar-refractivity contribution in [2.45, 2.75) is 45.6 Å². The topological polar surface area (TPSA) is 26.0 Å². The molecule has 1 nitrogen and oxygen atoms in total. The first-order valence-electron chi connectivity index (χ1n) is 7.04. The van der Waals surface area contributed by atoms with Gasteiger partial charge in [-0.2, -0.15) is 0 Å². The lowest BCUT2D eigenvalue weighted by atomic mass is 9.88. The lowest BCUT2D eigenvalue weighted by Gasteiger charge is -2.20. The molecule has 1 atom stereocenters. The lowest BCUT2D eigenvalue weighted by Crippen LogP contribution is -2.14. The molecule has 0 amide bonds. The van der Waals surface area contributed by atoms with Gasteiger partial charge in [0.2, 0.25) is 0 Å². The van der Waals surface area contributed by atoms with Crippen molar-refractivity contribution in [2.24, 2.45) is 5.73 Å². The maximum Gasteiger partial charge on any atom is 0.0931 e. The average molecular weight is 308 g/mol. The van der Waals surface area contributed by atoms with Crippen LogP contribution in [0.15, 0.2) is 30.3 Å². The molecule has 108 valence electrons. The zero-order valence-corrected chi connectivity index (χ0v) is 14.1. The number of benzene rings is 1. The van der Waals surface area contributed by atoms with E-state index in [1.165, 1.54) is 16.7 Å². The Bertz CT molecular complexity index is 586. The summed E-state index contributed by atoms with van der Waals surface area (Å²) in [5, 5.41) is 0. The second-order valence-electron chi connectivity index (χ2n) is 5.82. The second-order valence-corrected chi connectivity index (χ2v) is 7.56. The first-order valence-corrected chi connectivity index (χ1v) is 8.24. The maximum absolute atomic E-state index is 6.45. The SMILES string of the molecule is CC(C)c1ccc(C(N)c2ccc(Cl)s2)c(C(C)C)c1. The highest BCUT2D eigenvalue weighted by Gasteiger charge is 2.17. The summed E-state index contributed by atoms with van der Waals surface area (Å²) in [6.45, 7) is 8.88. The van der Waals surface area contributed by atoms with Crippen LogP contribution in [0.25, 0.3) is 0 Å². The van der Waals surface area contributed by atoms with Gasteiger partial charge < -0.3 is 5.73 Å². The molecule has 3 heteroatoms. The number of halogens is 1. The first-order chi connectivity index (χ1) is 9.40. The zero-order chi connectivity index (χ0) is 14.9. The lowest BCUT2D eigenvalue weighted by molar-refractivity contribution is 0.787. The molecule has 1 aromatic heterocycles. The van der Waals surface area contributed by atoms with E-state index < -0.39 is 0 Å². The Kier molecular flexibility index (Phi) is 4.90. The van der Waals surface area contributed by atoms with Gasteiger partial charge in [0.05, 0.1) is 10.4 Å². The largest absolute Gasteiger partial charge is 0.320 e. The summed E-state index contributed by atoms with van der Waals surface area (Å²) < 4.78 is 0.792. The predicted molar refractivity (Wildman–Crippen MR) is 90.0 cm³/mol. The van der Waals surface area contributed by atoms with Gasteiger partial charge in [-0.3, -0.25) is 0 Å². The molecule has 1 unspecified atom stereocenters. The van der Waals surface area contributed by atoms with Gasteiger partial charge >= 0.3 is 0 Å². The van der Waals surface area contributed by atoms with Crippen molar-refractivity contribution in [3.63, 3.8) is 0 Å². The van der Waals surface area contributed by atoms with Crippen molar-refractivity contribution in [2.75, 3.05) is 0 Å². The molecule has 0 aliphatic rings. The highest BCUT2D eigenvalue weighted by molar-refractivity contribution is 7.16. The number of nitrogens with two attached hydrogens (primary N) is 1. The minimum absolute atomic E-state index is 0.0916. The summed E-state index contributed by atoms with van der Waals surface area (Å²) in [6.07, 6.45) is 0. The van der Waals surface area contributed by atoms with Crippen molar-refractivity contribution >= 4 is 22.9 Å². The van der Waals surface area contributed by atoms with Crippen molar-refractivity contribution < 1.29 is 0 Å². The molecule has 0 aliphatic carbocycles. The van der Waals surface area contributed by atoms with Crippen LogP contribution in [0.1, 0.15) is 67.1 Å². The van der Waals surface area contributed by atoms with E-state index in [4.69, 9.17) is 17.3 Å². The van der Waals surface area contributed by atoms with Gasteiger partial charge in [0.15, 0.2) is 0 Å². The molecule has 1 aromatic carbocycles. The number of hydrogen-bond acceptors (Lipinski definition) is 2. The Hall–Kier alpha value is -0.830. The highest BCUT2D eigenvalue weighted by Crippen LogP contribution is 2.34. The third kappa shape index (κ3) is 3.25. The maximum atomic E-state index is 6.45. The van der Waals surface area contributed by atoms with E-state index in [0.717, 1.165) is 9.21 Å². The smallest absolute Gasteiger partial charge is 0.0931 e. The van der Waals surface area contributed by atoms with Crippen LogP contribution >= 0.6 is 22.9 Å². The Morgan fingerprint density at radius 2 is 1.65 bits per heavy atom. The van der Waals surface area contributed by atoms with Gasteiger partial charge in [0.25, 0.3) is 0 Å². The Labute approximate surface area is 130 Å². The van der Waals surface area contributed by atoms with E-state index in [2.05, 4.69) is 45.9 Å². The molecule has 0 aliphatic heterocycles. The van der Waals surface area contributed by atoms with Crippen LogP contribution in [0.2, 0.25) is 4.34 Å². The molecule has 1 heterocycles. The quantitative estimate of drug-likeness (QED) is 0.770. The van der Waals surface area contributed by atoms with Gasteiger partial charge in [-0.1, -0.05) is 57.5 Å². The van der Waals surface area contributed by atoms with Gasteiger partial charge in [0, 0.05) is 4.88 Å². The van der Waals surface area contributed by atoms with Gasteiger partial charge in [-0.05, 0) is 40.7 Å². The fraction of sp³-hybridized carbons (Fsp3) is 0.412. The van der Waals surface area contributed by atoms with Crippen molar-refractivity contribution in [3.05, 3.63) is 56.2 Å². The van der Waals surface area contributed by atoms with Crippen molar-refractivity contribution in [1.29, 1.82) is 0 Å². The summed E-state index contributed by atoms with van der Waals surface area (Å²) in [5.41, 5.74) is 10.4. The fourth-order valence-corrected chi connectivity index (χ4v) is 3.47. The third-order valence-electron chi connectivity index (χ3n) is 3.64. The molecular weight excluding hydrogens is 286 g/mol. The van der Waals surface area contributed by atoms with E-state index in [1.54, 1.807) is 11.3 Å². The zero-order valence-electron chi connectivity index (χ0n) is 12.5. The minimum Gasteiger partial charge on any atom is -0.320 e. The fourth-order valence-electron chi connectivity index (χ4n) is 2.38. The first kappa shape index (κ1) is 15.6. The molecule has 2 aromatic rings. The number of hydrogen-bond donors (Lipinski definition) is 1. The summed E-state index contributed by atoms with van der Waals surface area (Å²) in [5.74, 6) is 0.999. The Balaban J connectivity index is 2.45. The summed E-state index contributed by atoms with van der Waals surface area (Å²) in [4.78, 5) is 1.12. The highest BCUT2D eigenvalue weighted by atomic mass is 35.5. The normalized spacial score (nSPS) is 13.2. The van der Waals surface area contributed by atoms with Crippen molar-refractivity contribution in [1.82, 2.24) is 0 Å². The van der Waals surface area contributed by atoms with Crippen LogP contribution in [0.3, 0.4) is 0 Å². The standard InChI is InChI=1S/C17H22ClNS/c1-10(2)12-5-6-13(14(9-12)11(3)4)17(19)15-7-8-16(18)20-15/h5-11,17H,19H2,1-4H3. The molecule has 2 rings (SSSR count).